The molecule has 0 unspecified atom stereocenters. The Balaban J connectivity index is 1.47. The summed E-state index contributed by atoms with van der Waals surface area (Å²) in [5.41, 5.74) is 2.13. The van der Waals surface area contributed by atoms with Gasteiger partial charge in [-0.05, 0) is 44.4 Å². The van der Waals surface area contributed by atoms with E-state index in [-0.39, 0.29) is 5.91 Å². The number of rotatable bonds is 7. The van der Waals surface area contributed by atoms with Gasteiger partial charge in [0.25, 0.3) is 0 Å². The van der Waals surface area contributed by atoms with E-state index in [0.717, 1.165) is 35.9 Å². The van der Waals surface area contributed by atoms with E-state index in [1.807, 2.05) is 25.1 Å². The number of carbonyl (C=O) groups is 1. The highest BCUT2D eigenvalue weighted by atomic mass is 16.1. The molecule has 3 rings (SSSR count). The van der Waals surface area contributed by atoms with Crippen molar-refractivity contribution in [2.75, 3.05) is 19.6 Å². The number of hydrogen-bond acceptors (Lipinski definition) is 3. The van der Waals surface area contributed by atoms with Crippen molar-refractivity contribution in [2.45, 2.75) is 26.3 Å². The minimum Gasteiger partial charge on any atom is -0.353 e. The topological polar surface area (TPSA) is 59.0 Å². The highest BCUT2D eigenvalue weighted by molar-refractivity contribution is 5.78. The molecule has 1 amide bonds. The van der Waals surface area contributed by atoms with E-state index in [9.17, 15) is 4.79 Å². The predicted octanol–water partition coefficient (Wildman–Crippen LogP) is 1.46. The first kappa shape index (κ1) is 14.1. The Bertz CT molecular complexity index is 630. The Morgan fingerprint density at radius 1 is 1.38 bits per heavy atom. The van der Waals surface area contributed by atoms with Crippen molar-refractivity contribution in [2.24, 2.45) is 5.92 Å². The second kappa shape index (κ2) is 6.26. The lowest BCUT2D eigenvalue weighted by atomic mass is 10.3. The van der Waals surface area contributed by atoms with Gasteiger partial charge in [0.2, 0.25) is 5.91 Å². The van der Waals surface area contributed by atoms with Gasteiger partial charge in [-0.25, -0.2) is 4.98 Å². The van der Waals surface area contributed by atoms with Gasteiger partial charge < -0.3 is 15.2 Å². The normalized spacial score (nSPS) is 14.5. The average molecular weight is 286 g/mol. The first-order chi connectivity index (χ1) is 10.2. The molecule has 21 heavy (non-hydrogen) atoms. The summed E-state index contributed by atoms with van der Waals surface area (Å²) >= 11 is 0. The van der Waals surface area contributed by atoms with Crippen molar-refractivity contribution in [1.82, 2.24) is 20.2 Å². The van der Waals surface area contributed by atoms with Crippen LogP contribution < -0.4 is 10.6 Å². The number of benzene rings is 1. The molecule has 1 heterocycles. The lowest BCUT2D eigenvalue weighted by Crippen LogP contribution is -2.36. The van der Waals surface area contributed by atoms with E-state index in [4.69, 9.17) is 0 Å². The van der Waals surface area contributed by atoms with E-state index < -0.39 is 0 Å². The predicted molar refractivity (Wildman–Crippen MR) is 83.1 cm³/mol. The molecule has 1 aliphatic rings. The minimum atomic E-state index is 0.0673. The Morgan fingerprint density at radius 2 is 2.19 bits per heavy atom. The molecular formula is C16H22N4O. The average Bonchev–Trinajstić information content (AvgIpc) is 3.23. The fourth-order valence-electron chi connectivity index (χ4n) is 2.56. The van der Waals surface area contributed by atoms with Crippen molar-refractivity contribution in [3.05, 3.63) is 30.1 Å². The molecule has 1 saturated carbocycles. The number of aryl methyl sites for hydroxylation is 1. The summed E-state index contributed by atoms with van der Waals surface area (Å²) in [5.74, 6) is 1.85. The summed E-state index contributed by atoms with van der Waals surface area (Å²) in [4.78, 5) is 16.2. The monoisotopic (exact) mass is 286 g/mol. The smallest absolute Gasteiger partial charge is 0.234 e. The van der Waals surface area contributed by atoms with Crippen LogP contribution in [0.3, 0.4) is 0 Å². The Morgan fingerprint density at radius 3 is 3.00 bits per heavy atom. The maximum absolute atomic E-state index is 11.7. The second-order valence-electron chi connectivity index (χ2n) is 5.72. The van der Waals surface area contributed by atoms with Crippen molar-refractivity contribution < 1.29 is 4.79 Å². The zero-order chi connectivity index (χ0) is 14.7. The van der Waals surface area contributed by atoms with Crippen LogP contribution in [0.2, 0.25) is 0 Å². The molecule has 2 aromatic rings. The van der Waals surface area contributed by atoms with Gasteiger partial charge in [0.15, 0.2) is 0 Å². The summed E-state index contributed by atoms with van der Waals surface area (Å²) in [6.45, 7) is 4.77. The van der Waals surface area contributed by atoms with Gasteiger partial charge in [-0.15, -0.1) is 0 Å². The highest BCUT2D eigenvalue weighted by Crippen LogP contribution is 2.27. The molecule has 0 spiro atoms. The number of para-hydroxylation sites is 2. The first-order valence-corrected chi connectivity index (χ1v) is 7.63. The van der Waals surface area contributed by atoms with Crippen LogP contribution in [0.25, 0.3) is 11.0 Å². The van der Waals surface area contributed by atoms with Crippen LogP contribution in [0.1, 0.15) is 18.7 Å². The van der Waals surface area contributed by atoms with Crippen LogP contribution in [0.15, 0.2) is 24.3 Å². The van der Waals surface area contributed by atoms with E-state index in [0.29, 0.717) is 13.1 Å². The maximum atomic E-state index is 11.7. The maximum Gasteiger partial charge on any atom is 0.234 e. The van der Waals surface area contributed by atoms with Gasteiger partial charge in [0.05, 0.1) is 17.6 Å². The molecule has 0 aliphatic heterocycles. The number of aromatic nitrogens is 2. The van der Waals surface area contributed by atoms with E-state index in [2.05, 4.69) is 26.3 Å². The van der Waals surface area contributed by atoms with Crippen LogP contribution in [-0.2, 0) is 11.3 Å². The third-order valence-electron chi connectivity index (χ3n) is 3.92. The number of imidazole rings is 1. The third kappa shape index (κ3) is 3.61. The van der Waals surface area contributed by atoms with E-state index in [1.165, 1.54) is 12.8 Å². The van der Waals surface area contributed by atoms with Crippen LogP contribution in [0.5, 0.6) is 0 Å². The van der Waals surface area contributed by atoms with Crippen molar-refractivity contribution >= 4 is 16.9 Å². The molecular weight excluding hydrogens is 264 g/mol. The van der Waals surface area contributed by atoms with E-state index in [1.54, 1.807) is 0 Å². The zero-order valence-electron chi connectivity index (χ0n) is 12.4. The quantitative estimate of drug-likeness (QED) is 0.810. The second-order valence-corrected chi connectivity index (χ2v) is 5.72. The molecule has 1 aromatic heterocycles. The highest BCUT2D eigenvalue weighted by Gasteiger charge is 2.20. The van der Waals surface area contributed by atoms with Crippen LogP contribution in [0, 0.1) is 12.8 Å². The number of nitrogens with zero attached hydrogens (tertiary/aromatic N) is 2. The van der Waals surface area contributed by atoms with E-state index >= 15 is 0 Å². The third-order valence-corrected chi connectivity index (χ3v) is 3.92. The largest absolute Gasteiger partial charge is 0.353 e. The Hall–Kier alpha value is -1.88. The molecule has 2 N–H and O–H groups in total. The van der Waals surface area contributed by atoms with Gasteiger partial charge in [-0.1, -0.05) is 12.1 Å². The number of carbonyl (C=O) groups excluding carboxylic acids is 1. The molecule has 0 bridgehead atoms. The van der Waals surface area contributed by atoms with Crippen LogP contribution >= 0.6 is 0 Å². The molecule has 0 saturated heterocycles. The van der Waals surface area contributed by atoms with Crippen molar-refractivity contribution in [1.29, 1.82) is 0 Å². The molecule has 112 valence electrons. The fraction of sp³-hybridized carbons (Fsp3) is 0.500. The first-order valence-electron chi connectivity index (χ1n) is 7.63. The van der Waals surface area contributed by atoms with Crippen molar-refractivity contribution in [3.8, 4) is 0 Å². The fourth-order valence-corrected chi connectivity index (χ4v) is 2.56. The lowest BCUT2D eigenvalue weighted by Gasteiger charge is -2.09. The molecule has 1 aromatic carbocycles. The standard InChI is InChI=1S/C16H22N4O/c1-12-19-14-4-2-3-5-15(14)20(12)9-8-18-16(21)11-17-10-13-6-7-13/h2-5,13,17H,6-11H2,1H3,(H,18,21). The van der Waals surface area contributed by atoms with Crippen LogP contribution in [-0.4, -0.2) is 35.1 Å². The van der Waals surface area contributed by atoms with Gasteiger partial charge in [-0.2, -0.15) is 0 Å². The lowest BCUT2D eigenvalue weighted by molar-refractivity contribution is -0.120. The SMILES string of the molecule is Cc1nc2ccccc2n1CCNC(=O)CNCC1CC1. The van der Waals surface area contributed by atoms with Gasteiger partial charge >= 0.3 is 0 Å². The summed E-state index contributed by atoms with van der Waals surface area (Å²) < 4.78 is 2.15. The summed E-state index contributed by atoms with van der Waals surface area (Å²) in [6.07, 6.45) is 2.61. The molecule has 5 heteroatoms. The number of fused-ring (bicyclic) bond motifs is 1. The number of amides is 1. The van der Waals surface area contributed by atoms with Gasteiger partial charge in [0, 0.05) is 13.1 Å². The number of hydrogen-bond donors (Lipinski definition) is 2. The van der Waals surface area contributed by atoms with Crippen molar-refractivity contribution in [3.63, 3.8) is 0 Å². The van der Waals surface area contributed by atoms with Crippen LogP contribution in [0.4, 0.5) is 0 Å². The molecule has 1 fully saturated rings. The molecule has 5 nitrogen and oxygen atoms in total. The van der Waals surface area contributed by atoms with Gasteiger partial charge in [-0.3, -0.25) is 4.79 Å². The Labute approximate surface area is 124 Å². The number of nitrogens with one attached hydrogen (secondary N) is 2. The molecule has 1 aliphatic carbocycles. The molecule has 0 atom stereocenters. The summed E-state index contributed by atoms with van der Waals surface area (Å²) in [6, 6.07) is 8.08. The zero-order valence-corrected chi connectivity index (χ0v) is 12.4. The summed E-state index contributed by atoms with van der Waals surface area (Å²) in [5, 5.41) is 6.16. The van der Waals surface area contributed by atoms with Gasteiger partial charge in [0.1, 0.15) is 5.82 Å². The molecule has 0 radical (unpaired) electrons. The summed E-state index contributed by atoms with van der Waals surface area (Å²) in [7, 11) is 0. The minimum absolute atomic E-state index is 0.0673. The Kier molecular flexibility index (Phi) is 4.20.